The second-order valence-corrected chi connectivity index (χ2v) is 8.46. The van der Waals surface area contributed by atoms with Crippen molar-refractivity contribution in [1.82, 2.24) is 4.90 Å². The first-order chi connectivity index (χ1) is 14.6. The van der Waals surface area contributed by atoms with Gasteiger partial charge >= 0.3 is 18.0 Å². The molecule has 0 aromatic heterocycles. The molecule has 1 saturated heterocycles. The van der Waals surface area contributed by atoms with E-state index in [0.717, 1.165) is 5.56 Å². The van der Waals surface area contributed by atoms with Crippen molar-refractivity contribution in [2.24, 2.45) is 5.92 Å². The predicted molar refractivity (Wildman–Crippen MR) is 112 cm³/mol. The number of carbonyl (C=O) groups excluding carboxylic acids is 4. The highest BCUT2D eigenvalue weighted by atomic mass is 16.6. The summed E-state index contributed by atoms with van der Waals surface area (Å²) in [4.78, 5) is 51.0. The first kappa shape index (κ1) is 24.4. The van der Waals surface area contributed by atoms with Crippen LogP contribution in [0.3, 0.4) is 0 Å². The Bertz CT molecular complexity index is 785. The molecule has 1 heterocycles. The maximum absolute atomic E-state index is 12.8. The molecule has 0 unspecified atom stereocenters. The number of ether oxygens (including phenoxy) is 3. The highest BCUT2D eigenvalue weighted by molar-refractivity contribution is 5.97. The molecule has 0 aliphatic carbocycles. The summed E-state index contributed by atoms with van der Waals surface area (Å²) in [6.45, 7) is 7.12. The number of rotatable bonds is 7. The predicted octanol–water partition coefficient (Wildman–Crippen LogP) is 3.27. The summed E-state index contributed by atoms with van der Waals surface area (Å²) in [5.74, 6) is -2.03. The molecule has 2 atom stereocenters. The van der Waals surface area contributed by atoms with Crippen LogP contribution in [-0.2, 0) is 35.2 Å². The van der Waals surface area contributed by atoms with Crippen molar-refractivity contribution in [2.45, 2.75) is 65.2 Å². The van der Waals surface area contributed by atoms with E-state index in [2.05, 4.69) is 0 Å². The van der Waals surface area contributed by atoms with Crippen LogP contribution >= 0.6 is 0 Å². The van der Waals surface area contributed by atoms with E-state index < -0.39 is 35.6 Å². The third-order valence-corrected chi connectivity index (χ3v) is 4.78. The molecule has 1 aromatic rings. The van der Waals surface area contributed by atoms with Crippen molar-refractivity contribution in [1.29, 1.82) is 0 Å². The number of carbonyl (C=O) groups is 4. The quantitative estimate of drug-likeness (QED) is 0.370. The Hall–Kier alpha value is -2.90. The Kier molecular flexibility index (Phi) is 8.59. The number of amides is 1. The van der Waals surface area contributed by atoms with Gasteiger partial charge in [-0.1, -0.05) is 30.3 Å². The summed E-state index contributed by atoms with van der Waals surface area (Å²) >= 11 is 0. The van der Waals surface area contributed by atoms with Gasteiger partial charge < -0.3 is 14.2 Å². The summed E-state index contributed by atoms with van der Waals surface area (Å²) in [7, 11) is 0. The molecule has 1 aliphatic rings. The molecule has 0 N–H and O–H groups in total. The Morgan fingerprint density at radius 2 is 1.71 bits per heavy atom. The minimum absolute atomic E-state index is 0.0181. The zero-order valence-electron chi connectivity index (χ0n) is 18.6. The number of ketones is 1. The van der Waals surface area contributed by atoms with E-state index in [-0.39, 0.29) is 38.4 Å². The molecule has 0 bridgehead atoms. The normalized spacial score (nSPS) is 18.8. The molecular weight excluding hydrogens is 402 g/mol. The summed E-state index contributed by atoms with van der Waals surface area (Å²) in [6.07, 6.45) is -0.449. The molecule has 170 valence electrons. The number of nitrogens with zero attached hydrogens (tertiary/aromatic N) is 1. The van der Waals surface area contributed by atoms with Gasteiger partial charge in [0.15, 0.2) is 0 Å². The lowest BCUT2D eigenvalue weighted by Crippen LogP contribution is -2.53. The van der Waals surface area contributed by atoms with Crippen LogP contribution in [0, 0.1) is 5.92 Å². The molecule has 8 heteroatoms. The van der Waals surface area contributed by atoms with E-state index in [4.69, 9.17) is 14.2 Å². The van der Waals surface area contributed by atoms with Gasteiger partial charge in [-0.15, -0.1) is 0 Å². The Labute approximate surface area is 182 Å². The fourth-order valence-electron chi connectivity index (χ4n) is 3.35. The lowest BCUT2D eigenvalue weighted by molar-refractivity contribution is -0.163. The third-order valence-electron chi connectivity index (χ3n) is 4.78. The van der Waals surface area contributed by atoms with Crippen LogP contribution < -0.4 is 0 Å². The molecule has 8 nitrogen and oxygen atoms in total. The van der Waals surface area contributed by atoms with Crippen LogP contribution in [0.4, 0.5) is 4.79 Å². The van der Waals surface area contributed by atoms with Crippen LogP contribution in [-0.4, -0.2) is 53.5 Å². The second-order valence-electron chi connectivity index (χ2n) is 8.46. The summed E-state index contributed by atoms with van der Waals surface area (Å²) < 4.78 is 15.7. The fourth-order valence-corrected chi connectivity index (χ4v) is 3.35. The van der Waals surface area contributed by atoms with Gasteiger partial charge in [0.05, 0.1) is 6.61 Å². The Morgan fingerprint density at radius 1 is 1.03 bits per heavy atom. The number of hydrogen-bond acceptors (Lipinski definition) is 7. The number of Topliss-reactive ketones (excluding diaryl/α,β-unsaturated/α-hetero) is 1. The van der Waals surface area contributed by atoms with Crippen LogP contribution in [0.25, 0.3) is 0 Å². The maximum atomic E-state index is 12.8. The van der Waals surface area contributed by atoms with Crippen molar-refractivity contribution < 1.29 is 33.4 Å². The van der Waals surface area contributed by atoms with E-state index in [1.807, 2.05) is 30.3 Å². The molecule has 0 spiro atoms. The van der Waals surface area contributed by atoms with Gasteiger partial charge in [0.1, 0.15) is 30.5 Å². The average molecular weight is 434 g/mol. The molecular formula is C23H31NO7. The molecule has 0 radical (unpaired) electrons. The van der Waals surface area contributed by atoms with Gasteiger partial charge in [0, 0.05) is 12.5 Å². The van der Waals surface area contributed by atoms with Gasteiger partial charge in [-0.3, -0.25) is 14.5 Å². The van der Waals surface area contributed by atoms with E-state index in [1.54, 1.807) is 27.7 Å². The first-order valence-electron chi connectivity index (χ1n) is 10.5. The van der Waals surface area contributed by atoms with Crippen LogP contribution in [0.15, 0.2) is 30.3 Å². The molecule has 2 rings (SSSR count). The standard InChI is InChI=1S/C23H31NO7/c1-5-29-20(26)13-19(25)17-11-12-18(21(27)31-23(2,3)4)24(14-17)22(28)30-15-16-9-7-6-8-10-16/h6-10,17-18H,5,11-15H2,1-4H3/t17-,18-/m0/s1. The average Bonchev–Trinajstić information content (AvgIpc) is 2.71. The van der Waals surface area contributed by atoms with Crippen LogP contribution in [0.2, 0.25) is 0 Å². The molecule has 1 aliphatic heterocycles. The van der Waals surface area contributed by atoms with Gasteiger partial charge in [0.25, 0.3) is 0 Å². The van der Waals surface area contributed by atoms with Crippen molar-refractivity contribution in [2.75, 3.05) is 13.2 Å². The molecule has 31 heavy (non-hydrogen) atoms. The van der Waals surface area contributed by atoms with E-state index in [0.29, 0.717) is 6.42 Å². The highest BCUT2D eigenvalue weighted by Gasteiger charge is 2.41. The van der Waals surface area contributed by atoms with Crippen LogP contribution in [0.5, 0.6) is 0 Å². The molecule has 1 amide bonds. The minimum Gasteiger partial charge on any atom is -0.466 e. The number of piperidine rings is 1. The second kappa shape index (κ2) is 10.9. The maximum Gasteiger partial charge on any atom is 0.410 e. The van der Waals surface area contributed by atoms with Crippen molar-refractivity contribution in [3.05, 3.63) is 35.9 Å². The molecule has 1 fully saturated rings. The minimum atomic E-state index is -0.853. The zero-order chi connectivity index (χ0) is 23.0. The molecule has 1 aromatic carbocycles. The number of likely N-dealkylation sites (tertiary alicyclic amines) is 1. The fraction of sp³-hybridized carbons (Fsp3) is 0.565. The summed E-state index contributed by atoms with van der Waals surface area (Å²) in [5, 5.41) is 0. The van der Waals surface area contributed by atoms with Gasteiger partial charge in [-0.25, -0.2) is 9.59 Å². The summed E-state index contributed by atoms with van der Waals surface area (Å²) in [5.41, 5.74) is 0.0874. The summed E-state index contributed by atoms with van der Waals surface area (Å²) in [6, 6.07) is 8.30. The van der Waals surface area contributed by atoms with Crippen molar-refractivity contribution in [3.8, 4) is 0 Å². The van der Waals surface area contributed by atoms with Crippen LogP contribution in [0.1, 0.15) is 52.5 Å². The Morgan fingerprint density at radius 3 is 2.32 bits per heavy atom. The van der Waals surface area contributed by atoms with Gasteiger partial charge in [-0.05, 0) is 46.1 Å². The van der Waals surface area contributed by atoms with Gasteiger partial charge in [-0.2, -0.15) is 0 Å². The monoisotopic (exact) mass is 433 g/mol. The topological polar surface area (TPSA) is 99.2 Å². The SMILES string of the molecule is CCOC(=O)CC(=O)[C@H]1CC[C@@H](C(=O)OC(C)(C)C)N(C(=O)OCc2ccccc2)C1. The Balaban J connectivity index is 2.11. The number of hydrogen-bond donors (Lipinski definition) is 0. The van der Waals surface area contributed by atoms with E-state index in [9.17, 15) is 19.2 Å². The molecule has 0 saturated carbocycles. The highest BCUT2D eigenvalue weighted by Crippen LogP contribution is 2.27. The lowest BCUT2D eigenvalue weighted by Gasteiger charge is -2.38. The van der Waals surface area contributed by atoms with E-state index >= 15 is 0 Å². The zero-order valence-corrected chi connectivity index (χ0v) is 18.6. The third kappa shape index (κ3) is 7.70. The lowest BCUT2D eigenvalue weighted by atomic mass is 9.88. The number of benzene rings is 1. The largest absolute Gasteiger partial charge is 0.466 e. The van der Waals surface area contributed by atoms with Crippen molar-refractivity contribution >= 4 is 23.8 Å². The first-order valence-corrected chi connectivity index (χ1v) is 10.5. The smallest absolute Gasteiger partial charge is 0.410 e. The van der Waals surface area contributed by atoms with Crippen molar-refractivity contribution in [3.63, 3.8) is 0 Å². The van der Waals surface area contributed by atoms with E-state index in [1.165, 1.54) is 4.90 Å². The van der Waals surface area contributed by atoms with Gasteiger partial charge in [0.2, 0.25) is 0 Å². The number of esters is 2.